The summed E-state index contributed by atoms with van der Waals surface area (Å²) in [6.07, 6.45) is -48.7. The Morgan fingerprint density at radius 3 is 1.07 bits per heavy atom. The average molecular weight is 901 g/mol. The fourth-order valence-corrected chi connectivity index (χ4v) is 7.37. The number of rotatable bonds is 13. The molecule has 6 aliphatic heterocycles. The standard InChI is InChI=1S/C33H56O28/c34-7-1-51-29(21(45)13(7)37)54-4-10-16(40)17(41)24(48)32(58-10)61-27-12(6-56-31-23(47)15(39)9(36)3-53-31)59-33(25(49)19(27)43)60-26-11(57-28(50)20(44)18(26)42)5-55-30-22(46)14(38)8(35)2-52-30/h7-50H,1-6H2/t7-,8-,9-,10-,11-,12-,13+,14+,15+,16-,17+,18-,19-,20-,21-,22-,23-,24-,25-,26-,27-,28-,29-,30-,31-,32+,33+/m1/s1. The van der Waals surface area contributed by atoms with Gasteiger partial charge < -0.3 is 139 Å². The maximum Gasteiger partial charge on any atom is 0.187 e. The molecule has 0 spiro atoms. The van der Waals surface area contributed by atoms with Gasteiger partial charge >= 0.3 is 0 Å². The molecule has 28 heteroatoms. The molecule has 27 atom stereocenters. The molecule has 0 aromatic carbocycles. The molecule has 0 radical (unpaired) electrons. The van der Waals surface area contributed by atoms with Crippen molar-refractivity contribution < 1.29 is 139 Å². The molecule has 6 rings (SSSR count). The molecule has 61 heavy (non-hydrogen) atoms. The summed E-state index contributed by atoms with van der Waals surface area (Å²) in [5.41, 5.74) is 0. The largest absolute Gasteiger partial charge is 0.388 e. The van der Waals surface area contributed by atoms with Gasteiger partial charge in [0.25, 0.3) is 0 Å². The van der Waals surface area contributed by atoms with E-state index in [1.54, 1.807) is 0 Å². The van der Waals surface area contributed by atoms with E-state index in [0.717, 1.165) is 0 Å². The molecule has 17 N–H and O–H groups in total. The second-order valence-electron chi connectivity index (χ2n) is 15.5. The van der Waals surface area contributed by atoms with Crippen molar-refractivity contribution in [1.29, 1.82) is 0 Å². The Balaban J connectivity index is 1.18. The van der Waals surface area contributed by atoms with Gasteiger partial charge in [-0.25, -0.2) is 0 Å². The van der Waals surface area contributed by atoms with Crippen LogP contribution in [0.3, 0.4) is 0 Å². The third-order valence-corrected chi connectivity index (χ3v) is 11.2. The maximum atomic E-state index is 11.5. The second-order valence-corrected chi connectivity index (χ2v) is 15.5. The van der Waals surface area contributed by atoms with E-state index in [0.29, 0.717) is 0 Å². The van der Waals surface area contributed by atoms with Crippen molar-refractivity contribution in [2.24, 2.45) is 0 Å². The Hall–Kier alpha value is -1.12. The quantitative estimate of drug-likeness (QED) is 0.0816. The van der Waals surface area contributed by atoms with Gasteiger partial charge in [-0.3, -0.25) is 0 Å². The SMILES string of the molecule is O[C@@H]1[C@@H](O)[C@H](O[C@H]2[C@H](O)[C@@H](O)[C@H](O[C@H]3[C@H](O)[C@@H](O)[C@H](O)O[C@@H]3CO[C@H]3OC[C@@H](O)[C@H](O)[C@H]3O)O[C@@H]2CO[C@H]2OC[C@@H](O)[C@H](O)[C@H]2O)O[C@H](CO[C@H]2OC[C@@H](O)[C@H](O)[C@H]2O)[C@H]1O. The van der Waals surface area contributed by atoms with Gasteiger partial charge in [0.2, 0.25) is 0 Å². The van der Waals surface area contributed by atoms with Crippen molar-refractivity contribution >= 4 is 0 Å². The zero-order valence-electron chi connectivity index (χ0n) is 31.9. The first-order valence-corrected chi connectivity index (χ1v) is 19.3. The topological polar surface area (TPSA) is 445 Å². The van der Waals surface area contributed by atoms with Crippen molar-refractivity contribution in [2.75, 3.05) is 39.6 Å². The summed E-state index contributed by atoms with van der Waals surface area (Å²) in [4.78, 5) is 0. The molecule has 0 bridgehead atoms. The lowest BCUT2D eigenvalue weighted by Gasteiger charge is -2.48. The third kappa shape index (κ3) is 10.8. The third-order valence-electron chi connectivity index (χ3n) is 11.2. The van der Waals surface area contributed by atoms with E-state index in [1.807, 2.05) is 0 Å². The van der Waals surface area contributed by atoms with E-state index in [4.69, 9.17) is 52.1 Å². The fraction of sp³-hybridized carbons (Fsp3) is 1.00. The summed E-state index contributed by atoms with van der Waals surface area (Å²) in [6, 6.07) is 0. The summed E-state index contributed by atoms with van der Waals surface area (Å²) in [6.45, 7) is -3.61. The summed E-state index contributed by atoms with van der Waals surface area (Å²) in [5.74, 6) is 0. The molecule has 0 amide bonds. The van der Waals surface area contributed by atoms with Gasteiger partial charge in [-0.1, -0.05) is 0 Å². The maximum absolute atomic E-state index is 11.5. The molecule has 0 aliphatic carbocycles. The molecule has 6 fully saturated rings. The van der Waals surface area contributed by atoms with Gasteiger partial charge in [0.1, 0.15) is 128 Å². The molecular formula is C33H56O28. The molecule has 0 aromatic rings. The molecule has 0 saturated carbocycles. The minimum absolute atomic E-state index is 0.442. The lowest BCUT2D eigenvalue weighted by Crippen LogP contribution is -2.67. The highest BCUT2D eigenvalue weighted by Crippen LogP contribution is 2.34. The first-order chi connectivity index (χ1) is 28.8. The molecule has 28 nitrogen and oxygen atoms in total. The molecular weight excluding hydrogens is 844 g/mol. The van der Waals surface area contributed by atoms with Crippen molar-refractivity contribution in [2.45, 2.75) is 166 Å². The minimum atomic E-state index is -2.19. The average Bonchev–Trinajstić information content (AvgIpc) is 3.23. The number of hydrogen-bond acceptors (Lipinski definition) is 28. The van der Waals surface area contributed by atoms with E-state index in [1.165, 1.54) is 0 Å². The van der Waals surface area contributed by atoms with Crippen LogP contribution in [0.2, 0.25) is 0 Å². The zero-order chi connectivity index (χ0) is 44.6. The van der Waals surface area contributed by atoms with E-state index >= 15 is 0 Å². The van der Waals surface area contributed by atoms with Crippen molar-refractivity contribution in [3.05, 3.63) is 0 Å². The van der Waals surface area contributed by atoms with Crippen molar-refractivity contribution in [1.82, 2.24) is 0 Å². The summed E-state index contributed by atoms with van der Waals surface area (Å²) in [7, 11) is 0. The van der Waals surface area contributed by atoms with Crippen LogP contribution in [0.5, 0.6) is 0 Å². The molecule has 0 unspecified atom stereocenters. The predicted molar refractivity (Wildman–Crippen MR) is 181 cm³/mol. The van der Waals surface area contributed by atoms with Gasteiger partial charge in [0.05, 0.1) is 39.6 Å². The number of ether oxygens (including phenoxy) is 11. The van der Waals surface area contributed by atoms with Crippen LogP contribution in [0.25, 0.3) is 0 Å². The van der Waals surface area contributed by atoms with E-state index in [2.05, 4.69) is 0 Å². The zero-order valence-corrected chi connectivity index (χ0v) is 31.9. The second kappa shape index (κ2) is 21.0. The lowest BCUT2D eigenvalue weighted by molar-refractivity contribution is -0.385. The lowest BCUT2D eigenvalue weighted by atomic mass is 9.96. The highest BCUT2D eigenvalue weighted by molar-refractivity contribution is 4.97. The van der Waals surface area contributed by atoms with Gasteiger partial charge in [0, 0.05) is 0 Å². The number of aliphatic hydroxyl groups is 17. The highest BCUT2D eigenvalue weighted by Gasteiger charge is 2.55. The molecule has 6 saturated heterocycles. The molecule has 0 aromatic heterocycles. The smallest absolute Gasteiger partial charge is 0.187 e. The van der Waals surface area contributed by atoms with Crippen LogP contribution in [0, 0.1) is 0 Å². The fourth-order valence-electron chi connectivity index (χ4n) is 7.37. The van der Waals surface area contributed by atoms with Gasteiger partial charge in [-0.05, 0) is 0 Å². The number of hydrogen-bond donors (Lipinski definition) is 17. The highest BCUT2D eigenvalue weighted by atomic mass is 16.8. The van der Waals surface area contributed by atoms with E-state index in [-0.39, 0.29) is 0 Å². The van der Waals surface area contributed by atoms with Crippen molar-refractivity contribution in [3.63, 3.8) is 0 Å². The Kier molecular flexibility index (Phi) is 17.0. The van der Waals surface area contributed by atoms with Gasteiger partial charge in [-0.2, -0.15) is 0 Å². The monoisotopic (exact) mass is 900 g/mol. The summed E-state index contributed by atoms with van der Waals surface area (Å²) in [5, 5.41) is 177. The van der Waals surface area contributed by atoms with Crippen LogP contribution in [0.15, 0.2) is 0 Å². The summed E-state index contributed by atoms with van der Waals surface area (Å²) < 4.78 is 60.6. The first kappa shape index (κ1) is 49.3. The Labute approximate surface area is 344 Å². The van der Waals surface area contributed by atoms with E-state index < -0.39 is 206 Å². The van der Waals surface area contributed by atoms with Crippen molar-refractivity contribution in [3.8, 4) is 0 Å². The molecule has 6 aliphatic rings. The predicted octanol–water partition coefficient (Wildman–Crippen LogP) is -12.2. The molecule has 6 heterocycles. The first-order valence-electron chi connectivity index (χ1n) is 19.3. The Bertz CT molecular complexity index is 1360. The Morgan fingerprint density at radius 1 is 0.311 bits per heavy atom. The normalized spacial score (nSPS) is 53.8. The number of aliphatic hydroxyl groups excluding tert-OH is 17. The van der Waals surface area contributed by atoms with Crippen LogP contribution >= 0.6 is 0 Å². The minimum Gasteiger partial charge on any atom is -0.388 e. The van der Waals surface area contributed by atoms with Crippen LogP contribution in [-0.4, -0.2) is 292 Å². The van der Waals surface area contributed by atoms with Crippen LogP contribution in [-0.2, 0) is 52.1 Å². The van der Waals surface area contributed by atoms with Crippen LogP contribution in [0.4, 0.5) is 0 Å². The Morgan fingerprint density at radius 2 is 0.639 bits per heavy atom. The van der Waals surface area contributed by atoms with Crippen LogP contribution < -0.4 is 0 Å². The van der Waals surface area contributed by atoms with Gasteiger partial charge in [-0.15, -0.1) is 0 Å². The van der Waals surface area contributed by atoms with E-state index in [9.17, 15) is 86.8 Å². The molecule has 356 valence electrons. The van der Waals surface area contributed by atoms with Gasteiger partial charge in [0.15, 0.2) is 37.7 Å². The van der Waals surface area contributed by atoms with Crippen LogP contribution in [0.1, 0.15) is 0 Å². The summed E-state index contributed by atoms with van der Waals surface area (Å²) >= 11 is 0.